The molecule has 1 saturated heterocycles. The lowest BCUT2D eigenvalue weighted by atomic mass is 9.73. The molecule has 0 saturated carbocycles. The third-order valence-corrected chi connectivity index (χ3v) is 5.58. The Kier molecular flexibility index (Phi) is 3.36. The fraction of sp³-hybridized carbons (Fsp3) is 0.200. The molecule has 2 amide bonds. The normalized spacial score (nSPS) is 23.5. The van der Waals surface area contributed by atoms with Gasteiger partial charge in [0.05, 0.1) is 18.6 Å². The van der Waals surface area contributed by atoms with Crippen molar-refractivity contribution < 1.29 is 9.59 Å². The molecule has 3 aromatic rings. The maximum absolute atomic E-state index is 13.2. The first-order chi connectivity index (χ1) is 13.2. The van der Waals surface area contributed by atoms with Crippen molar-refractivity contribution in [2.75, 3.05) is 11.9 Å². The number of likely N-dealkylation sites (tertiary alicyclic amines) is 1. The molecule has 7 nitrogen and oxygen atoms in total. The zero-order chi connectivity index (χ0) is 18.4. The fourth-order valence-electron chi connectivity index (χ4n) is 4.43. The number of nitrogens with one attached hydrogen (secondary N) is 2. The molecular weight excluding hydrogens is 342 g/mol. The summed E-state index contributed by atoms with van der Waals surface area (Å²) in [4.78, 5) is 39.2. The van der Waals surface area contributed by atoms with E-state index in [1.807, 2.05) is 36.4 Å². The van der Waals surface area contributed by atoms with Crippen LogP contribution in [0, 0.1) is 0 Å². The lowest BCUT2D eigenvalue weighted by Gasteiger charge is -2.34. The van der Waals surface area contributed by atoms with E-state index in [2.05, 4.69) is 20.3 Å². The summed E-state index contributed by atoms with van der Waals surface area (Å²) in [6, 6.07) is 11.0. The lowest BCUT2D eigenvalue weighted by Crippen LogP contribution is -2.42. The predicted molar refractivity (Wildman–Crippen MR) is 98.0 cm³/mol. The van der Waals surface area contributed by atoms with Crippen LogP contribution in [0.1, 0.15) is 34.1 Å². The van der Waals surface area contributed by atoms with Gasteiger partial charge in [-0.2, -0.15) is 0 Å². The highest BCUT2D eigenvalue weighted by Crippen LogP contribution is 2.54. The molecule has 5 rings (SSSR count). The molecule has 0 aliphatic carbocycles. The fourth-order valence-corrected chi connectivity index (χ4v) is 4.43. The monoisotopic (exact) mass is 359 g/mol. The van der Waals surface area contributed by atoms with Crippen LogP contribution in [0.15, 0.2) is 61.3 Å². The molecule has 0 bridgehead atoms. The Morgan fingerprint density at radius 1 is 1.15 bits per heavy atom. The SMILES string of the molecule is O=C(c1cnc[nH]1)N1CCC2(C(=O)Nc3ccccc32)C1c1cccnc1. The summed E-state index contributed by atoms with van der Waals surface area (Å²) in [5.41, 5.74) is 2.17. The minimum Gasteiger partial charge on any atom is -0.341 e. The number of amides is 2. The summed E-state index contributed by atoms with van der Waals surface area (Å²) in [5, 5.41) is 3.01. The summed E-state index contributed by atoms with van der Waals surface area (Å²) in [6.07, 6.45) is 6.97. The van der Waals surface area contributed by atoms with E-state index in [-0.39, 0.29) is 11.8 Å². The second-order valence-electron chi connectivity index (χ2n) is 6.87. The molecule has 4 heterocycles. The van der Waals surface area contributed by atoms with Crippen molar-refractivity contribution in [1.82, 2.24) is 19.9 Å². The second kappa shape index (κ2) is 5.77. The van der Waals surface area contributed by atoms with Gasteiger partial charge >= 0.3 is 0 Å². The number of aromatic amines is 1. The molecule has 2 atom stereocenters. The van der Waals surface area contributed by atoms with Crippen LogP contribution in [0.2, 0.25) is 0 Å². The standard InChI is InChI=1S/C20H17N5O2/c26-18(16-11-22-12-23-16)25-9-7-20(17(25)13-4-3-8-21-10-13)14-5-1-2-6-15(14)24-19(20)27/h1-6,8,10-12,17H,7,9H2,(H,22,23)(H,24,27). The predicted octanol–water partition coefficient (Wildman–Crippen LogP) is 2.28. The Morgan fingerprint density at radius 3 is 2.81 bits per heavy atom. The Balaban J connectivity index is 1.69. The van der Waals surface area contributed by atoms with Gasteiger partial charge in [-0.15, -0.1) is 0 Å². The van der Waals surface area contributed by atoms with Gasteiger partial charge in [0.15, 0.2) is 0 Å². The van der Waals surface area contributed by atoms with Gasteiger partial charge in [-0.05, 0) is 29.7 Å². The van der Waals surface area contributed by atoms with Gasteiger partial charge in [-0.3, -0.25) is 14.6 Å². The highest BCUT2D eigenvalue weighted by Gasteiger charge is 2.59. The maximum Gasteiger partial charge on any atom is 0.272 e. The lowest BCUT2D eigenvalue weighted by molar-refractivity contribution is -0.121. The number of nitrogens with zero attached hydrogens (tertiary/aromatic N) is 3. The Labute approximate surface area is 155 Å². The van der Waals surface area contributed by atoms with Gasteiger partial charge < -0.3 is 15.2 Å². The van der Waals surface area contributed by atoms with Crippen molar-refractivity contribution in [3.63, 3.8) is 0 Å². The van der Waals surface area contributed by atoms with E-state index < -0.39 is 11.5 Å². The Hall–Kier alpha value is -3.48. The summed E-state index contributed by atoms with van der Waals surface area (Å²) in [7, 11) is 0. The third-order valence-electron chi connectivity index (χ3n) is 5.58. The van der Waals surface area contributed by atoms with Crippen LogP contribution >= 0.6 is 0 Å². The van der Waals surface area contributed by atoms with Gasteiger partial charge in [-0.1, -0.05) is 24.3 Å². The quantitative estimate of drug-likeness (QED) is 0.734. The molecule has 2 aliphatic rings. The minimum absolute atomic E-state index is 0.0718. The average molecular weight is 359 g/mol. The zero-order valence-corrected chi connectivity index (χ0v) is 14.4. The number of imidazole rings is 1. The van der Waals surface area contributed by atoms with Crippen molar-refractivity contribution >= 4 is 17.5 Å². The number of hydrogen-bond acceptors (Lipinski definition) is 4. The first-order valence-corrected chi connectivity index (χ1v) is 8.82. The van der Waals surface area contributed by atoms with Crippen LogP contribution < -0.4 is 5.32 Å². The molecule has 1 fully saturated rings. The van der Waals surface area contributed by atoms with E-state index in [4.69, 9.17) is 0 Å². The van der Waals surface area contributed by atoms with E-state index in [0.29, 0.717) is 18.7 Å². The topological polar surface area (TPSA) is 91.0 Å². The van der Waals surface area contributed by atoms with Gasteiger partial charge in [0.25, 0.3) is 5.91 Å². The van der Waals surface area contributed by atoms with E-state index in [1.165, 1.54) is 12.5 Å². The number of para-hydroxylation sites is 1. The molecule has 2 N–H and O–H groups in total. The number of rotatable bonds is 2. The number of fused-ring (bicyclic) bond motifs is 2. The minimum atomic E-state index is -0.824. The molecule has 2 unspecified atom stereocenters. The van der Waals surface area contributed by atoms with Crippen LogP contribution in [-0.2, 0) is 10.2 Å². The number of hydrogen-bond donors (Lipinski definition) is 2. The van der Waals surface area contributed by atoms with Crippen LogP contribution in [0.3, 0.4) is 0 Å². The van der Waals surface area contributed by atoms with E-state index in [9.17, 15) is 9.59 Å². The van der Waals surface area contributed by atoms with Gasteiger partial charge in [0.1, 0.15) is 11.1 Å². The summed E-state index contributed by atoms with van der Waals surface area (Å²) in [5.74, 6) is -0.243. The molecule has 27 heavy (non-hydrogen) atoms. The molecular formula is C20H17N5O2. The number of H-pyrrole nitrogens is 1. The van der Waals surface area contributed by atoms with E-state index in [1.54, 1.807) is 17.3 Å². The largest absolute Gasteiger partial charge is 0.341 e. The van der Waals surface area contributed by atoms with Crippen molar-refractivity contribution in [2.24, 2.45) is 0 Å². The van der Waals surface area contributed by atoms with Crippen molar-refractivity contribution in [3.8, 4) is 0 Å². The molecule has 134 valence electrons. The van der Waals surface area contributed by atoms with Crippen molar-refractivity contribution in [2.45, 2.75) is 17.9 Å². The highest BCUT2D eigenvalue weighted by atomic mass is 16.2. The van der Waals surface area contributed by atoms with Crippen molar-refractivity contribution in [3.05, 3.63) is 78.1 Å². The molecule has 1 spiro atoms. The maximum atomic E-state index is 13.2. The van der Waals surface area contributed by atoms with Gasteiger partial charge in [0.2, 0.25) is 5.91 Å². The number of pyridine rings is 1. The first-order valence-electron chi connectivity index (χ1n) is 8.82. The Morgan fingerprint density at radius 2 is 2.04 bits per heavy atom. The number of carbonyl (C=O) groups is 2. The number of aromatic nitrogens is 3. The number of carbonyl (C=O) groups excluding carboxylic acids is 2. The molecule has 2 aromatic heterocycles. The van der Waals surface area contributed by atoms with Crippen LogP contribution in [0.4, 0.5) is 5.69 Å². The van der Waals surface area contributed by atoms with E-state index in [0.717, 1.165) is 16.8 Å². The zero-order valence-electron chi connectivity index (χ0n) is 14.4. The number of anilines is 1. The molecule has 2 aliphatic heterocycles. The first kappa shape index (κ1) is 15.7. The smallest absolute Gasteiger partial charge is 0.272 e. The Bertz CT molecular complexity index is 1020. The molecule has 0 radical (unpaired) electrons. The second-order valence-corrected chi connectivity index (χ2v) is 6.87. The van der Waals surface area contributed by atoms with Crippen molar-refractivity contribution in [1.29, 1.82) is 0 Å². The highest BCUT2D eigenvalue weighted by molar-refractivity contribution is 6.08. The average Bonchev–Trinajstić information content (AvgIpc) is 3.42. The van der Waals surface area contributed by atoms with E-state index >= 15 is 0 Å². The van der Waals surface area contributed by atoms with Crippen LogP contribution in [0.25, 0.3) is 0 Å². The summed E-state index contributed by atoms with van der Waals surface area (Å²) < 4.78 is 0. The van der Waals surface area contributed by atoms with Crippen LogP contribution in [0.5, 0.6) is 0 Å². The third kappa shape index (κ3) is 2.14. The van der Waals surface area contributed by atoms with Gasteiger partial charge in [0, 0.05) is 24.6 Å². The van der Waals surface area contributed by atoms with Crippen LogP contribution in [-0.4, -0.2) is 38.2 Å². The number of benzene rings is 1. The van der Waals surface area contributed by atoms with Gasteiger partial charge in [-0.25, -0.2) is 4.98 Å². The summed E-state index contributed by atoms with van der Waals surface area (Å²) in [6.45, 7) is 0.471. The molecule has 1 aromatic carbocycles. The molecule has 7 heteroatoms. The summed E-state index contributed by atoms with van der Waals surface area (Å²) >= 11 is 0.